The molecule has 0 aromatic heterocycles. The number of amides is 1. The lowest BCUT2D eigenvalue weighted by Crippen LogP contribution is -2.54. The van der Waals surface area contributed by atoms with Crippen LogP contribution in [-0.2, 0) is 14.8 Å². The summed E-state index contributed by atoms with van der Waals surface area (Å²) in [5.74, 6) is 0.795. The molecule has 0 unspecified atom stereocenters. The number of aliphatic imine (C=N–C) groups is 1. The van der Waals surface area contributed by atoms with E-state index in [9.17, 15) is 13.2 Å². The molecule has 1 heterocycles. The third-order valence-corrected chi connectivity index (χ3v) is 4.92. The Bertz CT molecular complexity index is 515. The van der Waals surface area contributed by atoms with Crippen LogP contribution in [0, 0.1) is 0 Å². The fourth-order valence-corrected chi connectivity index (χ4v) is 2.81. The highest BCUT2D eigenvalue weighted by atomic mass is 32.2. The number of guanidine groups is 1. The zero-order valence-electron chi connectivity index (χ0n) is 14.7. The van der Waals surface area contributed by atoms with Gasteiger partial charge in [-0.1, -0.05) is 0 Å². The minimum atomic E-state index is -3.19. The van der Waals surface area contributed by atoms with Gasteiger partial charge in [0.05, 0.1) is 18.9 Å². The van der Waals surface area contributed by atoms with Gasteiger partial charge < -0.3 is 19.9 Å². The Balaban J connectivity index is 2.51. The standard InChI is InChI=1S/C14H29N5O4S/c1-4-15-13(16-7-8-17-24(21,22)6-3)18-9-11-19(12-10-18)14(20)23-5-2/h17H,4-12H2,1-3H3,(H,15,16). The predicted octanol–water partition coefficient (Wildman–Crippen LogP) is -0.335. The number of nitrogens with one attached hydrogen (secondary N) is 2. The van der Waals surface area contributed by atoms with Crippen LogP contribution in [0.5, 0.6) is 0 Å². The van der Waals surface area contributed by atoms with Crippen molar-refractivity contribution in [2.24, 2.45) is 4.99 Å². The minimum absolute atomic E-state index is 0.0621. The number of carbonyl (C=O) groups is 1. The van der Waals surface area contributed by atoms with Gasteiger partial charge >= 0.3 is 6.09 Å². The van der Waals surface area contributed by atoms with Crippen LogP contribution < -0.4 is 10.0 Å². The van der Waals surface area contributed by atoms with Crippen molar-refractivity contribution in [2.45, 2.75) is 20.8 Å². The summed E-state index contributed by atoms with van der Waals surface area (Å²) in [5.41, 5.74) is 0. The molecule has 1 saturated heterocycles. The number of rotatable bonds is 7. The van der Waals surface area contributed by atoms with Crippen molar-refractivity contribution in [2.75, 3.05) is 58.2 Å². The molecule has 0 atom stereocenters. The minimum Gasteiger partial charge on any atom is -0.450 e. The molecule has 0 spiro atoms. The van der Waals surface area contributed by atoms with Crippen molar-refractivity contribution in [1.29, 1.82) is 0 Å². The van der Waals surface area contributed by atoms with E-state index in [0.717, 1.165) is 12.5 Å². The largest absolute Gasteiger partial charge is 0.450 e. The van der Waals surface area contributed by atoms with Gasteiger partial charge in [0.1, 0.15) is 0 Å². The number of ether oxygens (including phenoxy) is 1. The van der Waals surface area contributed by atoms with Gasteiger partial charge in [-0.2, -0.15) is 0 Å². The van der Waals surface area contributed by atoms with Crippen LogP contribution in [0.4, 0.5) is 4.79 Å². The zero-order chi connectivity index (χ0) is 18.0. The summed E-state index contributed by atoms with van der Waals surface area (Å²) < 4.78 is 30.3. The number of hydrogen-bond acceptors (Lipinski definition) is 5. The van der Waals surface area contributed by atoms with Crippen LogP contribution >= 0.6 is 0 Å². The normalized spacial score (nSPS) is 16.2. The molecule has 0 saturated carbocycles. The van der Waals surface area contributed by atoms with Gasteiger partial charge in [-0.25, -0.2) is 17.9 Å². The molecular weight excluding hydrogens is 334 g/mol. The first kappa shape index (κ1) is 20.5. The van der Waals surface area contributed by atoms with Crippen LogP contribution in [0.2, 0.25) is 0 Å². The molecule has 10 heteroatoms. The smallest absolute Gasteiger partial charge is 0.409 e. The Labute approximate surface area is 144 Å². The Hall–Kier alpha value is -1.55. The summed E-state index contributed by atoms with van der Waals surface area (Å²) in [6.07, 6.45) is -0.284. The van der Waals surface area contributed by atoms with Crippen molar-refractivity contribution in [3.05, 3.63) is 0 Å². The maximum Gasteiger partial charge on any atom is 0.409 e. The van der Waals surface area contributed by atoms with E-state index in [1.54, 1.807) is 18.7 Å². The first-order chi connectivity index (χ1) is 11.4. The number of nitrogens with zero attached hydrogens (tertiary/aromatic N) is 3. The van der Waals surface area contributed by atoms with E-state index in [1.807, 2.05) is 6.92 Å². The average molecular weight is 363 g/mol. The summed E-state index contributed by atoms with van der Waals surface area (Å²) in [4.78, 5) is 19.9. The van der Waals surface area contributed by atoms with Gasteiger partial charge in [0.15, 0.2) is 5.96 Å². The highest BCUT2D eigenvalue weighted by molar-refractivity contribution is 7.89. The second-order valence-electron chi connectivity index (χ2n) is 5.21. The Kier molecular flexibility index (Phi) is 8.83. The molecule has 1 rings (SSSR count). The zero-order valence-corrected chi connectivity index (χ0v) is 15.6. The molecule has 1 aliphatic rings. The summed E-state index contributed by atoms with van der Waals surface area (Å²) in [5, 5.41) is 3.20. The van der Waals surface area contributed by atoms with Crippen LogP contribution in [-0.4, -0.2) is 88.4 Å². The Morgan fingerprint density at radius 1 is 1.12 bits per heavy atom. The second-order valence-corrected chi connectivity index (χ2v) is 7.30. The molecule has 0 radical (unpaired) electrons. The molecule has 1 fully saturated rings. The van der Waals surface area contributed by atoms with Gasteiger partial charge in [-0.3, -0.25) is 4.99 Å². The molecule has 9 nitrogen and oxygen atoms in total. The molecule has 24 heavy (non-hydrogen) atoms. The summed E-state index contributed by atoms with van der Waals surface area (Å²) in [7, 11) is -3.19. The van der Waals surface area contributed by atoms with Crippen LogP contribution in [0.25, 0.3) is 0 Å². The maximum absolute atomic E-state index is 11.7. The summed E-state index contributed by atoms with van der Waals surface area (Å²) in [6.45, 7) is 9.55. The first-order valence-electron chi connectivity index (χ1n) is 8.35. The fourth-order valence-electron chi connectivity index (χ4n) is 2.21. The van der Waals surface area contributed by atoms with E-state index >= 15 is 0 Å². The van der Waals surface area contributed by atoms with E-state index < -0.39 is 10.0 Å². The van der Waals surface area contributed by atoms with E-state index in [-0.39, 0.29) is 18.4 Å². The van der Waals surface area contributed by atoms with Gasteiger partial charge in [-0.05, 0) is 20.8 Å². The van der Waals surface area contributed by atoms with Crippen molar-refractivity contribution < 1.29 is 17.9 Å². The van der Waals surface area contributed by atoms with Crippen molar-refractivity contribution in [3.8, 4) is 0 Å². The molecule has 0 aliphatic carbocycles. The monoisotopic (exact) mass is 363 g/mol. The number of hydrogen-bond donors (Lipinski definition) is 2. The Morgan fingerprint density at radius 3 is 2.29 bits per heavy atom. The number of carbonyl (C=O) groups excluding carboxylic acids is 1. The molecule has 0 aromatic rings. The van der Waals surface area contributed by atoms with Crippen molar-refractivity contribution >= 4 is 22.1 Å². The van der Waals surface area contributed by atoms with Gasteiger partial charge in [0, 0.05) is 39.3 Å². The highest BCUT2D eigenvalue weighted by Crippen LogP contribution is 2.04. The van der Waals surface area contributed by atoms with Gasteiger partial charge in [0.2, 0.25) is 10.0 Å². The lowest BCUT2D eigenvalue weighted by atomic mass is 10.3. The molecule has 0 aromatic carbocycles. The summed E-state index contributed by atoms with van der Waals surface area (Å²) >= 11 is 0. The van der Waals surface area contributed by atoms with E-state index in [0.29, 0.717) is 39.3 Å². The molecule has 1 aliphatic heterocycles. The lowest BCUT2D eigenvalue weighted by molar-refractivity contribution is 0.0914. The molecule has 1 amide bonds. The molecular formula is C14H29N5O4S. The lowest BCUT2D eigenvalue weighted by Gasteiger charge is -2.35. The van der Waals surface area contributed by atoms with Crippen LogP contribution in [0.1, 0.15) is 20.8 Å². The SMILES string of the molecule is CCNC(=NCCNS(=O)(=O)CC)N1CCN(C(=O)OCC)CC1. The van der Waals surface area contributed by atoms with E-state index in [4.69, 9.17) is 4.74 Å². The third-order valence-electron chi connectivity index (χ3n) is 3.52. The molecule has 140 valence electrons. The third kappa shape index (κ3) is 6.91. The van der Waals surface area contributed by atoms with Crippen LogP contribution in [0.15, 0.2) is 4.99 Å². The first-order valence-corrected chi connectivity index (χ1v) is 10.0. The highest BCUT2D eigenvalue weighted by Gasteiger charge is 2.23. The molecule has 2 N–H and O–H groups in total. The maximum atomic E-state index is 11.7. The van der Waals surface area contributed by atoms with Crippen LogP contribution in [0.3, 0.4) is 0 Å². The quantitative estimate of drug-likeness (QED) is 0.365. The number of sulfonamides is 1. The van der Waals surface area contributed by atoms with Gasteiger partial charge in [-0.15, -0.1) is 0 Å². The van der Waals surface area contributed by atoms with Gasteiger partial charge in [0.25, 0.3) is 0 Å². The Morgan fingerprint density at radius 2 is 1.75 bits per heavy atom. The fraction of sp³-hybridized carbons (Fsp3) is 0.857. The average Bonchev–Trinajstić information content (AvgIpc) is 2.58. The summed E-state index contributed by atoms with van der Waals surface area (Å²) in [6, 6.07) is 0. The molecule has 0 bridgehead atoms. The second kappa shape index (κ2) is 10.3. The van der Waals surface area contributed by atoms with Crippen molar-refractivity contribution in [3.63, 3.8) is 0 Å². The van der Waals surface area contributed by atoms with E-state index in [2.05, 4.69) is 19.9 Å². The predicted molar refractivity (Wildman–Crippen MR) is 93.6 cm³/mol. The van der Waals surface area contributed by atoms with Crippen molar-refractivity contribution in [1.82, 2.24) is 19.8 Å². The van der Waals surface area contributed by atoms with E-state index in [1.165, 1.54) is 0 Å². The topological polar surface area (TPSA) is 103 Å². The number of piperazine rings is 1.